The normalized spacial score (nSPS) is 20.7. The Kier molecular flexibility index (Phi) is 5.48. The lowest BCUT2D eigenvalue weighted by Crippen LogP contribution is -2.49. The third kappa shape index (κ3) is 4.67. The molecule has 2 heterocycles. The monoisotopic (exact) mass is 322 g/mol. The Labute approximate surface area is 136 Å². The molecule has 1 aliphatic heterocycles. The van der Waals surface area contributed by atoms with Crippen LogP contribution in [0.4, 0.5) is 4.79 Å². The Balaban J connectivity index is 1.36. The van der Waals surface area contributed by atoms with Gasteiger partial charge in [-0.25, -0.2) is 4.79 Å². The van der Waals surface area contributed by atoms with Crippen LogP contribution in [0.3, 0.4) is 0 Å². The molecule has 0 aromatic carbocycles. The average Bonchev–Trinajstić information content (AvgIpc) is 3.00. The number of carbonyl (C=O) groups is 1. The molecule has 7 nitrogen and oxygen atoms in total. The Morgan fingerprint density at radius 1 is 1.26 bits per heavy atom. The maximum absolute atomic E-state index is 12.3. The number of aryl methyl sites for hydroxylation is 1. The Bertz CT molecular complexity index is 505. The summed E-state index contributed by atoms with van der Waals surface area (Å²) in [6, 6.07) is 0.453. The Morgan fingerprint density at radius 2 is 2.00 bits per heavy atom. The predicted octanol–water partition coefficient (Wildman–Crippen LogP) is 2.40. The van der Waals surface area contributed by atoms with Gasteiger partial charge in [0.25, 0.3) is 5.89 Å². The molecular formula is C16H26N4O3. The fourth-order valence-corrected chi connectivity index (χ4v) is 3.33. The number of piperidine rings is 1. The highest BCUT2D eigenvalue weighted by molar-refractivity contribution is 5.74. The van der Waals surface area contributed by atoms with Gasteiger partial charge in [0.1, 0.15) is 6.61 Å². The summed E-state index contributed by atoms with van der Waals surface area (Å²) in [5, 5.41) is 6.92. The van der Waals surface area contributed by atoms with Crippen molar-refractivity contribution in [2.24, 2.45) is 0 Å². The van der Waals surface area contributed by atoms with E-state index in [0.717, 1.165) is 38.8 Å². The molecule has 7 heteroatoms. The van der Waals surface area contributed by atoms with Crippen LogP contribution in [0.2, 0.25) is 0 Å². The predicted molar refractivity (Wildman–Crippen MR) is 83.8 cm³/mol. The first-order valence-corrected chi connectivity index (χ1v) is 8.67. The number of hydrogen-bond acceptors (Lipinski definition) is 5. The minimum atomic E-state index is 0.0860. The molecule has 3 rings (SSSR count). The zero-order chi connectivity index (χ0) is 16.1. The van der Waals surface area contributed by atoms with E-state index in [1.54, 1.807) is 6.92 Å². The number of urea groups is 1. The second-order valence-electron chi connectivity index (χ2n) is 6.52. The molecule has 23 heavy (non-hydrogen) atoms. The highest BCUT2D eigenvalue weighted by atomic mass is 16.5. The summed E-state index contributed by atoms with van der Waals surface area (Å²) in [7, 11) is 0. The van der Waals surface area contributed by atoms with Crippen LogP contribution in [0.25, 0.3) is 0 Å². The SMILES string of the molecule is Cc1noc(COC2CCN(C(=O)NC3CCCCC3)CC2)n1. The Hall–Kier alpha value is -1.63. The third-order valence-electron chi connectivity index (χ3n) is 4.67. The number of likely N-dealkylation sites (tertiary alicyclic amines) is 1. The van der Waals surface area contributed by atoms with E-state index in [0.29, 0.717) is 24.4 Å². The van der Waals surface area contributed by atoms with Crippen molar-refractivity contribution in [1.82, 2.24) is 20.4 Å². The number of ether oxygens (including phenoxy) is 1. The van der Waals surface area contributed by atoms with Crippen molar-refractivity contribution in [1.29, 1.82) is 0 Å². The van der Waals surface area contributed by atoms with Crippen molar-refractivity contribution < 1.29 is 14.1 Å². The summed E-state index contributed by atoms with van der Waals surface area (Å²) in [6.45, 7) is 3.62. The molecule has 2 amide bonds. The van der Waals surface area contributed by atoms with Crippen LogP contribution in [0.1, 0.15) is 56.7 Å². The molecule has 1 aromatic heterocycles. The van der Waals surface area contributed by atoms with Gasteiger partial charge >= 0.3 is 6.03 Å². The lowest BCUT2D eigenvalue weighted by atomic mass is 9.96. The van der Waals surface area contributed by atoms with Crippen LogP contribution >= 0.6 is 0 Å². The van der Waals surface area contributed by atoms with E-state index in [4.69, 9.17) is 9.26 Å². The van der Waals surface area contributed by atoms with Crippen LogP contribution in [-0.4, -0.2) is 46.3 Å². The lowest BCUT2D eigenvalue weighted by Gasteiger charge is -2.33. The summed E-state index contributed by atoms with van der Waals surface area (Å²) >= 11 is 0. The van der Waals surface area contributed by atoms with E-state index in [1.807, 2.05) is 4.90 Å². The van der Waals surface area contributed by atoms with Gasteiger partial charge in [-0.05, 0) is 32.6 Å². The molecule has 128 valence electrons. The van der Waals surface area contributed by atoms with Gasteiger partial charge in [0.15, 0.2) is 5.82 Å². The highest BCUT2D eigenvalue weighted by Crippen LogP contribution is 2.19. The molecule has 2 aliphatic rings. The summed E-state index contributed by atoms with van der Waals surface area (Å²) in [4.78, 5) is 18.3. The number of rotatable bonds is 4. The minimum Gasteiger partial charge on any atom is -0.368 e. The molecule has 2 fully saturated rings. The zero-order valence-corrected chi connectivity index (χ0v) is 13.8. The van der Waals surface area contributed by atoms with Crippen molar-refractivity contribution in [3.63, 3.8) is 0 Å². The average molecular weight is 322 g/mol. The molecule has 1 saturated carbocycles. The summed E-state index contributed by atoms with van der Waals surface area (Å²) in [5.74, 6) is 1.14. The topological polar surface area (TPSA) is 80.5 Å². The van der Waals surface area contributed by atoms with Crippen molar-refractivity contribution in [3.8, 4) is 0 Å². The van der Waals surface area contributed by atoms with E-state index < -0.39 is 0 Å². The second-order valence-corrected chi connectivity index (χ2v) is 6.52. The fourth-order valence-electron chi connectivity index (χ4n) is 3.33. The number of nitrogens with one attached hydrogen (secondary N) is 1. The minimum absolute atomic E-state index is 0.0860. The van der Waals surface area contributed by atoms with Gasteiger partial charge in [0.2, 0.25) is 0 Å². The molecule has 1 aromatic rings. The van der Waals surface area contributed by atoms with E-state index in [2.05, 4.69) is 15.5 Å². The van der Waals surface area contributed by atoms with Crippen LogP contribution < -0.4 is 5.32 Å². The number of hydrogen-bond donors (Lipinski definition) is 1. The summed E-state index contributed by atoms with van der Waals surface area (Å²) < 4.78 is 10.8. The molecule has 0 spiro atoms. The first-order valence-electron chi connectivity index (χ1n) is 8.67. The maximum atomic E-state index is 12.3. The number of nitrogens with zero attached hydrogens (tertiary/aromatic N) is 3. The molecular weight excluding hydrogens is 296 g/mol. The van der Waals surface area contributed by atoms with Crippen LogP contribution in [0, 0.1) is 6.92 Å². The molecule has 1 aliphatic carbocycles. The number of amides is 2. The van der Waals surface area contributed by atoms with Gasteiger partial charge < -0.3 is 19.5 Å². The smallest absolute Gasteiger partial charge is 0.317 e. The molecule has 0 atom stereocenters. The zero-order valence-electron chi connectivity index (χ0n) is 13.8. The van der Waals surface area contributed by atoms with Gasteiger partial charge in [-0.2, -0.15) is 4.98 Å². The largest absolute Gasteiger partial charge is 0.368 e. The highest BCUT2D eigenvalue weighted by Gasteiger charge is 2.25. The molecule has 0 radical (unpaired) electrons. The number of carbonyl (C=O) groups excluding carboxylic acids is 1. The Morgan fingerprint density at radius 3 is 2.65 bits per heavy atom. The molecule has 1 saturated heterocycles. The van der Waals surface area contributed by atoms with Gasteiger partial charge in [-0.1, -0.05) is 24.4 Å². The van der Waals surface area contributed by atoms with E-state index in [-0.39, 0.29) is 12.1 Å². The van der Waals surface area contributed by atoms with Gasteiger partial charge in [-0.3, -0.25) is 0 Å². The van der Waals surface area contributed by atoms with Crippen molar-refractivity contribution in [2.75, 3.05) is 13.1 Å². The van der Waals surface area contributed by atoms with E-state index in [9.17, 15) is 4.79 Å². The van der Waals surface area contributed by atoms with Crippen LogP contribution in [0.5, 0.6) is 0 Å². The van der Waals surface area contributed by atoms with Gasteiger partial charge in [0.05, 0.1) is 6.10 Å². The van der Waals surface area contributed by atoms with Gasteiger partial charge in [0, 0.05) is 19.1 Å². The quantitative estimate of drug-likeness (QED) is 0.920. The maximum Gasteiger partial charge on any atom is 0.317 e. The standard InChI is InChI=1S/C16H26N4O3/c1-12-17-15(23-19-12)11-22-14-7-9-20(10-8-14)16(21)18-13-5-3-2-4-6-13/h13-14H,2-11H2,1H3,(H,18,21). The fraction of sp³-hybridized carbons (Fsp3) is 0.812. The number of aromatic nitrogens is 2. The van der Waals surface area contributed by atoms with Crippen molar-refractivity contribution >= 4 is 6.03 Å². The first-order chi connectivity index (χ1) is 11.2. The molecule has 0 bridgehead atoms. The van der Waals surface area contributed by atoms with Gasteiger partial charge in [-0.15, -0.1) is 0 Å². The van der Waals surface area contributed by atoms with Crippen molar-refractivity contribution in [3.05, 3.63) is 11.7 Å². The molecule has 0 unspecified atom stereocenters. The van der Waals surface area contributed by atoms with E-state index in [1.165, 1.54) is 19.3 Å². The van der Waals surface area contributed by atoms with Crippen LogP contribution in [0.15, 0.2) is 4.52 Å². The van der Waals surface area contributed by atoms with E-state index >= 15 is 0 Å². The summed E-state index contributed by atoms with van der Waals surface area (Å²) in [5.41, 5.74) is 0. The van der Waals surface area contributed by atoms with Crippen LogP contribution in [-0.2, 0) is 11.3 Å². The third-order valence-corrected chi connectivity index (χ3v) is 4.67. The van der Waals surface area contributed by atoms with Crippen molar-refractivity contribution in [2.45, 2.75) is 70.6 Å². The molecule has 1 N–H and O–H groups in total. The second kappa shape index (κ2) is 7.77. The lowest BCUT2D eigenvalue weighted by molar-refractivity contribution is -0.00632. The first kappa shape index (κ1) is 16.2. The summed E-state index contributed by atoms with van der Waals surface area (Å²) in [6.07, 6.45) is 7.86.